The van der Waals surface area contributed by atoms with Crippen molar-refractivity contribution in [3.8, 4) is 5.75 Å². The lowest BCUT2D eigenvalue weighted by atomic mass is 9.81. The van der Waals surface area contributed by atoms with Crippen LogP contribution in [0.2, 0.25) is 0 Å². The SMILES string of the molecule is Cc1ccc2c(c1)[C@H](N)CC1(CCCC(C(C)C)CC1)O2. The standard InChI is InChI=1S/C19H29NO/c1-13(2)15-5-4-9-19(10-8-15)12-17(20)16-11-14(3)6-7-18(16)21-19/h6-7,11,13,15,17H,4-5,8-10,12,20H2,1-3H3/t15?,17-,19?/m1/s1. The third-order valence-electron chi connectivity index (χ3n) is 5.60. The fourth-order valence-corrected chi connectivity index (χ4v) is 4.21. The van der Waals surface area contributed by atoms with Crippen LogP contribution >= 0.6 is 0 Å². The molecule has 2 aliphatic rings. The molecule has 0 saturated heterocycles. The molecule has 116 valence electrons. The maximum Gasteiger partial charge on any atom is 0.124 e. The largest absolute Gasteiger partial charge is 0.487 e. The molecule has 2 N–H and O–H groups in total. The molecule has 2 unspecified atom stereocenters. The first kappa shape index (κ1) is 14.9. The van der Waals surface area contributed by atoms with Gasteiger partial charge in [0.25, 0.3) is 0 Å². The van der Waals surface area contributed by atoms with E-state index < -0.39 is 0 Å². The first-order chi connectivity index (χ1) is 9.99. The van der Waals surface area contributed by atoms with Gasteiger partial charge in [-0.15, -0.1) is 0 Å². The lowest BCUT2D eigenvalue weighted by molar-refractivity contribution is 0.0198. The highest BCUT2D eigenvalue weighted by Gasteiger charge is 2.41. The maximum atomic E-state index is 6.51. The van der Waals surface area contributed by atoms with Crippen molar-refractivity contribution in [2.75, 3.05) is 0 Å². The lowest BCUT2D eigenvalue weighted by Crippen LogP contribution is -2.42. The summed E-state index contributed by atoms with van der Waals surface area (Å²) >= 11 is 0. The fraction of sp³-hybridized carbons (Fsp3) is 0.684. The molecule has 1 spiro atoms. The van der Waals surface area contributed by atoms with Gasteiger partial charge in [-0.2, -0.15) is 0 Å². The molecule has 2 nitrogen and oxygen atoms in total. The number of benzene rings is 1. The van der Waals surface area contributed by atoms with E-state index in [1.165, 1.54) is 30.4 Å². The zero-order chi connectivity index (χ0) is 15.0. The second-order valence-electron chi connectivity index (χ2n) is 7.57. The molecule has 1 saturated carbocycles. The molecule has 1 aromatic rings. The Balaban J connectivity index is 1.82. The first-order valence-corrected chi connectivity index (χ1v) is 8.54. The number of fused-ring (bicyclic) bond motifs is 1. The van der Waals surface area contributed by atoms with E-state index in [4.69, 9.17) is 10.5 Å². The van der Waals surface area contributed by atoms with Crippen molar-refractivity contribution in [1.82, 2.24) is 0 Å². The van der Waals surface area contributed by atoms with E-state index in [0.29, 0.717) is 0 Å². The van der Waals surface area contributed by atoms with Crippen molar-refractivity contribution in [3.63, 3.8) is 0 Å². The highest BCUT2D eigenvalue weighted by molar-refractivity contribution is 5.41. The second kappa shape index (κ2) is 5.64. The lowest BCUT2D eigenvalue weighted by Gasteiger charge is -2.41. The summed E-state index contributed by atoms with van der Waals surface area (Å²) in [7, 11) is 0. The summed E-state index contributed by atoms with van der Waals surface area (Å²) in [6, 6.07) is 6.58. The monoisotopic (exact) mass is 287 g/mol. The summed E-state index contributed by atoms with van der Waals surface area (Å²) in [4.78, 5) is 0. The van der Waals surface area contributed by atoms with E-state index in [1.54, 1.807) is 0 Å². The van der Waals surface area contributed by atoms with Crippen molar-refractivity contribution >= 4 is 0 Å². The van der Waals surface area contributed by atoms with E-state index in [0.717, 1.165) is 36.8 Å². The first-order valence-electron chi connectivity index (χ1n) is 8.54. The van der Waals surface area contributed by atoms with Crippen molar-refractivity contribution in [1.29, 1.82) is 0 Å². The molecular formula is C19H29NO. The molecule has 1 heterocycles. The molecule has 21 heavy (non-hydrogen) atoms. The van der Waals surface area contributed by atoms with Gasteiger partial charge in [0.15, 0.2) is 0 Å². The maximum absolute atomic E-state index is 6.51. The zero-order valence-corrected chi connectivity index (χ0v) is 13.7. The van der Waals surface area contributed by atoms with E-state index in [-0.39, 0.29) is 11.6 Å². The average molecular weight is 287 g/mol. The Bertz CT molecular complexity index is 510. The Morgan fingerprint density at radius 3 is 2.81 bits per heavy atom. The Morgan fingerprint density at radius 1 is 1.24 bits per heavy atom. The minimum Gasteiger partial charge on any atom is -0.487 e. The smallest absolute Gasteiger partial charge is 0.124 e. The summed E-state index contributed by atoms with van der Waals surface area (Å²) in [5.41, 5.74) is 8.94. The van der Waals surface area contributed by atoms with Gasteiger partial charge in [0.1, 0.15) is 11.4 Å². The number of rotatable bonds is 1. The van der Waals surface area contributed by atoms with Crippen LogP contribution in [0.15, 0.2) is 18.2 Å². The molecule has 2 heteroatoms. The van der Waals surface area contributed by atoms with Crippen molar-refractivity contribution in [2.24, 2.45) is 17.6 Å². The second-order valence-corrected chi connectivity index (χ2v) is 7.57. The Labute approximate surface area is 129 Å². The zero-order valence-electron chi connectivity index (χ0n) is 13.7. The summed E-state index contributed by atoms with van der Waals surface area (Å²) in [6.45, 7) is 6.83. The Morgan fingerprint density at radius 2 is 2.05 bits per heavy atom. The number of ether oxygens (including phenoxy) is 1. The molecule has 0 radical (unpaired) electrons. The molecule has 3 atom stereocenters. The van der Waals surface area contributed by atoms with Crippen LogP contribution in [0, 0.1) is 18.8 Å². The minimum atomic E-state index is -0.00862. The van der Waals surface area contributed by atoms with Gasteiger partial charge in [0.2, 0.25) is 0 Å². The van der Waals surface area contributed by atoms with Crippen LogP contribution in [0.3, 0.4) is 0 Å². The van der Waals surface area contributed by atoms with Gasteiger partial charge < -0.3 is 10.5 Å². The van der Waals surface area contributed by atoms with Gasteiger partial charge in [-0.1, -0.05) is 38.0 Å². The van der Waals surface area contributed by atoms with Gasteiger partial charge in [0.05, 0.1) is 0 Å². The highest BCUT2D eigenvalue weighted by Crippen LogP contribution is 2.46. The molecule has 0 aromatic heterocycles. The normalized spacial score (nSPS) is 32.6. The van der Waals surface area contributed by atoms with Crippen molar-refractivity contribution in [3.05, 3.63) is 29.3 Å². The quantitative estimate of drug-likeness (QED) is 0.808. The topological polar surface area (TPSA) is 35.2 Å². The molecule has 0 amide bonds. The van der Waals surface area contributed by atoms with Gasteiger partial charge >= 0.3 is 0 Å². The number of hydrogen-bond donors (Lipinski definition) is 1. The van der Waals surface area contributed by atoms with Gasteiger partial charge in [-0.3, -0.25) is 0 Å². The summed E-state index contributed by atoms with van der Waals surface area (Å²) in [6.07, 6.45) is 7.21. The van der Waals surface area contributed by atoms with Crippen LogP contribution in [0.1, 0.15) is 69.5 Å². The van der Waals surface area contributed by atoms with Crippen LogP contribution in [0.4, 0.5) is 0 Å². The van der Waals surface area contributed by atoms with Gasteiger partial charge in [0, 0.05) is 18.0 Å². The van der Waals surface area contributed by atoms with Crippen LogP contribution in [-0.2, 0) is 0 Å². The number of nitrogens with two attached hydrogens (primary N) is 1. The molecule has 0 bridgehead atoms. The van der Waals surface area contributed by atoms with Gasteiger partial charge in [-0.05, 0) is 50.5 Å². The minimum absolute atomic E-state index is 0.00862. The third kappa shape index (κ3) is 2.96. The summed E-state index contributed by atoms with van der Waals surface area (Å²) in [5, 5.41) is 0. The molecule has 1 aromatic carbocycles. The number of aryl methyl sites for hydroxylation is 1. The van der Waals surface area contributed by atoms with Crippen LogP contribution in [0.5, 0.6) is 5.75 Å². The predicted octanol–water partition coefficient (Wildman–Crippen LogP) is 4.75. The Kier molecular flexibility index (Phi) is 4.00. The van der Waals surface area contributed by atoms with E-state index >= 15 is 0 Å². The molecule has 1 aliphatic carbocycles. The van der Waals surface area contributed by atoms with Gasteiger partial charge in [-0.25, -0.2) is 0 Å². The molecule has 1 aliphatic heterocycles. The van der Waals surface area contributed by atoms with E-state index in [1.807, 2.05) is 0 Å². The summed E-state index contributed by atoms with van der Waals surface area (Å²) in [5.74, 6) is 2.67. The molecule has 3 rings (SSSR count). The third-order valence-corrected chi connectivity index (χ3v) is 5.60. The van der Waals surface area contributed by atoms with Crippen LogP contribution in [-0.4, -0.2) is 5.60 Å². The number of hydrogen-bond acceptors (Lipinski definition) is 2. The highest BCUT2D eigenvalue weighted by atomic mass is 16.5. The van der Waals surface area contributed by atoms with Crippen LogP contribution in [0.25, 0.3) is 0 Å². The van der Waals surface area contributed by atoms with E-state index in [2.05, 4.69) is 39.0 Å². The van der Waals surface area contributed by atoms with Crippen molar-refractivity contribution in [2.45, 2.75) is 70.9 Å². The average Bonchev–Trinajstić information content (AvgIpc) is 2.63. The van der Waals surface area contributed by atoms with Crippen LogP contribution < -0.4 is 10.5 Å². The molecular weight excluding hydrogens is 258 g/mol. The van der Waals surface area contributed by atoms with E-state index in [9.17, 15) is 0 Å². The summed E-state index contributed by atoms with van der Waals surface area (Å²) < 4.78 is 6.51. The Hall–Kier alpha value is -1.02. The van der Waals surface area contributed by atoms with Crippen molar-refractivity contribution < 1.29 is 4.74 Å². The fourth-order valence-electron chi connectivity index (χ4n) is 4.21. The predicted molar refractivity (Wildman–Crippen MR) is 87.5 cm³/mol. The molecule has 1 fully saturated rings.